The van der Waals surface area contributed by atoms with Gasteiger partial charge in [0, 0.05) is 30.6 Å². The van der Waals surface area contributed by atoms with Crippen molar-refractivity contribution in [3.05, 3.63) is 65.5 Å². The zero-order valence-electron chi connectivity index (χ0n) is 25.8. The van der Waals surface area contributed by atoms with Gasteiger partial charge in [-0.05, 0) is 67.4 Å². The van der Waals surface area contributed by atoms with Gasteiger partial charge in [-0.25, -0.2) is 9.67 Å². The van der Waals surface area contributed by atoms with E-state index in [4.69, 9.17) is 14.8 Å². The molecule has 0 unspecified atom stereocenters. The predicted octanol–water partition coefficient (Wildman–Crippen LogP) is 4.26. The molecule has 2 N–H and O–H groups in total. The molecule has 2 atom stereocenters. The molecule has 0 radical (unpaired) electrons. The summed E-state index contributed by atoms with van der Waals surface area (Å²) in [6.45, 7) is 5.89. The summed E-state index contributed by atoms with van der Waals surface area (Å²) in [5, 5.41) is 11.0. The summed E-state index contributed by atoms with van der Waals surface area (Å²) >= 11 is 1.63. The molecule has 3 heterocycles. The van der Waals surface area contributed by atoms with Crippen LogP contribution in [0.2, 0.25) is 0 Å². The summed E-state index contributed by atoms with van der Waals surface area (Å²) in [6.07, 6.45) is 4.98. The van der Waals surface area contributed by atoms with Crippen molar-refractivity contribution in [1.82, 2.24) is 30.3 Å². The largest absolute Gasteiger partial charge is 0.493 e. The smallest absolute Gasteiger partial charge is 0.253 e. The van der Waals surface area contributed by atoms with Crippen LogP contribution in [0.25, 0.3) is 11.4 Å². The Labute approximate surface area is 263 Å². The van der Waals surface area contributed by atoms with Gasteiger partial charge in [-0.15, -0.1) is 0 Å². The van der Waals surface area contributed by atoms with Crippen LogP contribution in [-0.2, 0) is 22.6 Å². The van der Waals surface area contributed by atoms with Gasteiger partial charge >= 0.3 is 0 Å². The SMILES string of the molecule is CSCC[C@@H]1NC(=O)CCCN(C(=O)c2ccc3c(c2)CCCO3)CCn2nc(-c3ccccc3)nc2[C@@H](C(C)C)NC1=O. The third-order valence-electron chi connectivity index (χ3n) is 8.09. The molecule has 2 aliphatic rings. The molecule has 0 aliphatic carbocycles. The highest BCUT2D eigenvalue weighted by Crippen LogP contribution is 2.27. The van der Waals surface area contributed by atoms with Crippen molar-refractivity contribution in [2.24, 2.45) is 5.92 Å². The number of aromatic nitrogens is 3. The molecule has 11 heteroatoms. The average Bonchev–Trinajstić information content (AvgIpc) is 3.46. The number of nitrogens with zero attached hydrogens (tertiary/aromatic N) is 4. The Balaban J connectivity index is 1.50. The molecular weight excluding hydrogens is 576 g/mol. The highest BCUT2D eigenvalue weighted by molar-refractivity contribution is 7.98. The fourth-order valence-electron chi connectivity index (χ4n) is 5.65. The normalized spacial score (nSPS) is 19.7. The van der Waals surface area contributed by atoms with Crippen LogP contribution in [0.1, 0.15) is 67.3 Å². The number of thioether (sulfide) groups is 1. The van der Waals surface area contributed by atoms with Crippen molar-refractivity contribution >= 4 is 29.5 Å². The zero-order chi connectivity index (χ0) is 31.1. The Kier molecular flexibility index (Phi) is 10.6. The summed E-state index contributed by atoms with van der Waals surface area (Å²) in [7, 11) is 0. The highest BCUT2D eigenvalue weighted by Gasteiger charge is 2.30. The fraction of sp³-hybridized carbons (Fsp3) is 0.485. The monoisotopic (exact) mass is 618 g/mol. The van der Waals surface area contributed by atoms with Crippen LogP contribution in [-0.4, -0.2) is 75.1 Å². The van der Waals surface area contributed by atoms with Gasteiger partial charge in [-0.1, -0.05) is 44.2 Å². The van der Waals surface area contributed by atoms with Crippen molar-refractivity contribution in [3.63, 3.8) is 0 Å². The van der Waals surface area contributed by atoms with E-state index in [1.54, 1.807) is 16.7 Å². The van der Waals surface area contributed by atoms with E-state index < -0.39 is 12.1 Å². The number of hydrogen-bond donors (Lipinski definition) is 2. The maximum atomic E-state index is 13.9. The molecule has 234 valence electrons. The molecule has 0 fully saturated rings. The van der Waals surface area contributed by atoms with Gasteiger partial charge in [-0.3, -0.25) is 14.4 Å². The first kappa shape index (κ1) is 31.6. The van der Waals surface area contributed by atoms with Crippen LogP contribution < -0.4 is 15.4 Å². The van der Waals surface area contributed by atoms with Crippen LogP contribution >= 0.6 is 11.8 Å². The first-order valence-electron chi connectivity index (χ1n) is 15.5. The third-order valence-corrected chi connectivity index (χ3v) is 8.74. The minimum atomic E-state index is -0.667. The Morgan fingerprint density at radius 2 is 1.86 bits per heavy atom. The number of rotatable bonds is 6. The molecule has 10 nitrogen and oxygen atoms in total. The molecule has 0 saturated carbocycles. The second kappa shape index (κ2) is 14.7. The summed E-state index contributed by atoms with van der Waals surface area (Å²) in [6, 6.07) is 14.3. The van der Waals surface area contributed by atoms with Crippen molar-refractivity contribution in [2.75, 3.05) is 31.7 Å². The van der Waals surface area contributed by atoms with E-state index in [2.05, 4.69) is 10.6 Å². The van der Waals surface area contributed by atoms with E-state index in [-0.39, 0.29) is 30.1 Å². The molecule has 44 heavy (non-hydrogen) atoms. The number of aryl methyl sites for hydroxylation is 1. The standard InChI is InChI=1S/C33H42N6O4S/c1-22(2)29-31-36-30(23-9-5-4-6-10-23)37-39(31)18-17-38(33(42)25-13-14-27-24(21-25)11-8-19-43-27)16-7-12-28(40)34-26(15-20-44-3)32(41)35-29/h4-6,9-10,13-14,21-22,26,29H,7-8,11-12,15-20H2,1-3H3,(H,34,40)(H,35,41)/t26-,29+/m0/s1. The van der Waals surface area contributed by atoms with Gasteiger partial charge < -0.3 is 20.3 Å². The molecule has 1 aromatic heterocycles. The summed E-state index contributed by atoms with van der Waals surface area (Å²) in [4.78, 5) is 47.2. The maximum Gasteiger partial charge on any atom is 0.253 e. The predicted molar refractivity (Wildman–Crippen MR) is 172 cm³/mol. The van der Waals surface area contributed by atoms with Crippen molar-refractivity contribution in [3.8, 4) is 17.1 Å². The minimum Gasteiger partial charge on any atom is -0.493 e. The van der Waals surface area contributed by atoms with Crippen molar-refractivity contribution in [2.45, 2.75) is 64.6 Å². The number of amides is 3. The average molecular weight is 619 g/mol. The molecule has 2 aromatic carbocycles. The minimum absolute atomic E-state index is 0.00854. The number of hydrogen-bond acceptors (Lipinski definition) is 7. The molecule has 0 spiro atoms. The van der Waals surface area contributed by atoms with Crippen LogP contribution in [0.15, 0.2) is 48.5 Å². The molecule has 0 bridgehead atoms. The lowest BCUT2D eigenvalue weighted by molar-refractivity contribution is -0.129. The van der Waals surface area contributed by atoms with Crippen molar-refractivity contribution in [1.29, 1.82) is 0 Å². The van der Waals surface area contributed by atoms with Gasteiger partial charge in [0.2, 0.25) is 11.8 Å². The molecule has 3 aromatic rings. The lowest BCUT2D eigenvalue weighted by atomic mass is 10.0. The Morgan fingerprint density at radius 1 is 1.05 bits per heavy atom. The summed E-state index contributed by atoms with van der Waals surface area (Å²) in [5.74, 6) is 2.22. The van der Waals surface area contributed by atoms with Gasteiger partial charge in [0.15, 0.2) is 11.6 Å². The van der Waals surface area contributed by atoms with Gasteiger partial charge in [0.25, 0.3) is 5.91 Å². The number of carbonyl (C=O) groups is 3. The summed E-state index contributed by atoms with van der Waals surface area (Å²) in [5.41, 5.74) is 2.52. The Hall–Kier alpha value is -3.86. The van der Waals surface area contributed by atoms with Gasteiger partial charge in [0.1, 0.15) is 11.8 Å². The number of nitrogens with one attached hydrogen (secondary N) is 2. The first-order valence-corrected chi connectivity index (χ1v) is 16.9. The van der Waals surface area contributed by atoms with Crippen LogP contribution in [0, 0.1) is 5.92 Å². The molecule has 5 rings (SSSR count). The van der Waals surface area contributed by atoms with Gasteiger partial charge in [-0.2, -0.15) is 16.9 Å². The third kappa shape index (κ3) is 7.61. The number of benzene rings is 2. The van der Waals surface area contributed by atoms with E-state index in [0.717, 1.165) is 35.5 Å². The molecular formula is C33H42N6O4S. The van der Waals surface area contributed by atoms with E-state index in [1.165, 1.54) is 0 Å². The first-order chi connectivity index (χ1) is 21.3. The van der Waals surface area contributed by atoms with E-state index in [0.29, 0.717) is 56.3 Å². The second-order valence-corrected chi connectivity index (χ2v) is 12.7. The lowest BCUT2D eigenvalue weighted by Crippen LogP contribution is -2.49. The number of ether oxygens (including phenoxy) is 1. The Bertz CT molecular complexity index is 1460. The van der Waals surface area contributed by atoms with Gasteiger partial charge in [0.05, 0.1) is 19.2 Å². The molecule has 3 amide bonds. The summed E-state index contributed by atoms with van der Waals surface area (Å²) < 4.78 is 7.59. The zero-order valence-corrected chi connectivity index (χ0v) is 26.6. The highest BCUT2D eigenvalue weighted by atomic mass is 32.2. The van der Waals surface area contributed by atoms with Crippen LogP contribution in [0.3, 0.4) is 0 Å². The lowest BCUT2D eigenvalue weighted by Gasteiger charge is -2.28. The second-order valence-electron chi connectivity index (χ2n) is 11.7. The topological polar surface area (TPSA) is 118 Å². The fourth-order valence-corrected chi connectivity index (χ4v) is 6.12. The molecule has 0 saturated heterocycles. The maximum absolute atomic E-state index is 13.9. The number of fused-ring (bicyclic) bond motifs is 2. The van der Waals surface area contributed by atoms with E-state index >= 15 is 0 Å². The number of carbonyl (C=O) groups excluding carboxylic acids is 3. The quantitative estimate of drug-likeness (QED) is 0.424. The Morgan fingerprint density at radius 3 is 2.64 bits per heavy atom. The van der Waals surface area contributed by atoms with E-state index in [1.807, 2.05) is 73.3 Å². The van der Waals surface area contributed by atoms with Crippen LogP contribution in [0.4, 0.5) is 0 Å². The van der Waals surface area contributed by atoms with Crippen LogP contribution in [0.5, 0.6) is 5.75 Å². The van der Waals surface area contributed by atoms with Crippen molar-refractivity contribution < 1.29 is 19.1 Å². The van der Waals surface area contributed by atoms with E-state index in [9.17, 15) is 14.4 Å². The molecule has 2 aliphatic heterocycles.